The van der Waals surface area contributed by atoms with Crippen LogP contribution in [0.25, 0.3) is 6.08 Å². The number of nitrogens with zero attached hydrogens (tertiary/aromatic N) is 4. The summed E-state index contributed by atoms with van der Waals surface area (Å²) in [5, 5.41) is 9.86. The van der Waals surface area contributed by atoms with Gasteiger partial charge in [0, 0.05) is 25.2 Å². The van der Waals surface area contributed by atoms with Crippen LogP contribution in [0.15, 0.2) is 34.0 Å². The van der Waals surface area contributed by atoms with Crippen LogP contribution in [0.2, 0.25) is 0 Å². The number of benzene rings is 1. The van der Waals surface area contributed by atoms with Crippen LogP contribution < -0.4 is 10.5 Å². The van der Waals surface area contributed by atoms with Crippen LogP contribution >= 0.6 is 24.0 Å². The zero-order valence-electron chi connectivity index (χ0n) is 21.6. The molecule has 2 atom stereocenters. The topological polar surface area (TPSA) is 69.3 Å². The normalized spacial score (nSPS) is 21.1. The molecule has 2 aliphatic heterocycles. The average molecular weight is 539 g/mol. The summed E-state index contributed by atoms with van der Waals surface area (Å²) in [6.07, 6.45) is 3.64. The highest BCUT2D eigenvalue weighted by Crippen LogP contribution is 2.38. The predicted molar refractivity (Wildman–Crippen MR) is 151 cm³/mol. The first-order chi connectivity index (χ1) is 17.6. The first-order valence-corrected chi connectivity index (χ1v) is 13.8. The number of hydrogen-bond acceptors (Lipinski definition) is 6. The lowest BCUT2D eigenvalue weighted by Crippen LogP contribution is -2.43. The van der Waals surface area contributed by atoms with E-state index in [0.717, 1.165) is 37.3 Å². The number of rotatable bonds is 6. The van der Waals surface area contributed by atoms with E-state index in [2.05, 4.69) is 24.8 Å². The molecule has 0 saturated carbocycles. The first kappa shape index (κ1) is 27.1. The Hall–Kier alpha value is -2.96. The Balaban J connectivity index is 1.83. The van der Waals surface area contributed by atoms with Crippen LogP contribution in [0.4, 0.5) is 10.2 Å². The van der Waals surface area contributed by atoms with Gasteiger partial charge < -0.3 is 4.90 Å². The molecule has 2 unspecified atom stereocenters. The highest BCUT2D eigenvalue weighted by molar-refractivity contribution is 8.26. The second-order valence-corrected chi connectivity index (χ2v) is 11.7. The van der Waals surface area contributed by atoms with Crippen molar-refractivity contribution in [1.82, 2.24) is 9.47 Å². The summed E-state index contributed by atoms with van der Waals surface area (Å²) in [4.78, 5) is 31.0. The molecule has 1 aromatic carbocycles. The van der Waals surface area contributed by atoms with Gasteiger partial charge in [-0.3, -0.25) is 19.1 Å². The Labute approximate surface area is 226 Å². The van der Waals surface area contributed by atoms with Gasteiger partial charge >= 0.3 is 0 Å². The van der Waals surface area contributed by atoms with Crippen LogP contribution in [0, 0.1) is 35.9 Å². The number of hydrogen-bond donors (Lipinski definition) is 0. The summed E-state index contributed by atoms with van der Waals surface area (Å²) in [5.74, 6) is 1.09. The van der Waals surface area contributed by atoms with Crippen molar-refractivity contribution in [3.8, 4) is 6.07 Å². The number of piperidine rings is 1. The van der Waals surface area contributed by atoms with Gasteiger partial charge in [0.2, 0.25) is 0 Å². The molecule has 0 radical (unpaired) electrons. The monoisotopic (exact) mass is 538 g/mol. The van der Waals surface area contributed by atoms with Crippen molar-refractivity contribution in [1.29, 1.82) is 5.26 Å². The molecule has 0 bridgehead atoms. The van der Waals surface area contributed by atoms with E-state index in [4.69, 9.17) is 12.2 Å². The number of pyridine rings is 1. The van der Waals surface area contributed by atoms with Gasteiger partial charge in [0.15, 0.2) is 0 Å². The predicted octanol–water partition coefficient (Wildman–Crippen LogP) is 5.46. The molecule has 3 heterocycles. The molecule has 37 heavy (non-hydrogen) atoms. The average Bonchev–Trinajstić information content (AvgIpc) is 3.10. The van der Waals surface area contributed by atoms with Crippen molar-refractivity contribution < 1.29 is 9.18 Å². The van der Waals surface area contributed by atoms with Crippen LogP contribution in [-0.4, -0.2) is 32.8 Å². The molecular formula is C28H31FN4O2S2. The summed E-state index contributed by atoms with van der Waals surface area (Å²) in [6, 6.07) is 8.10. The van der Waals surface area contributed by atoms with Gasteiger partial charge in [0.05, 0.1) is 11.4 Å². The minimum absolute atomic E-state index is 0.100. The Morgan fingerprint density at radius 3 is 2.43 bits per heavy atom. The number of thioether (sulfide) groups is 1. The number of carbonyl (C=O) groups is 1. The Morgan fingerprint density at radius 2 is 1.84 bits per heavy atom. The number of halogens is 1. The van der Waals surface area contributed by atoms with Crippen molar-refractivity contribution >= 4 is 46.1 Å². The van der Waals surface area contributed by atoms with Gasteiger partial charge in [-0.25, -0.2) is 4.39 Å². The lowest BCUT2D eigenvalue weighted by atomic mass is 9.91. The van der Waals surface area contributed by atoms with Gasteiger partial charge in [0.1, 0.15) is 27.6 Å². The minimum atomic E-state index is -0.339. The summed E-state index contributed by atoms with van der Waals surface area (Å²) < 4.78 is 15.5. The molecule has 9 heteroatoms. The van der Waals surface area contributed by atoms with Gasteiger partial charge in [-0.2, -0.15) is 5.26 Å². The third kappa shape index (κ3) is 5.51. The third-order valence-electron chi connectivity index (χ3n) is 6.86. The van der Waals surface area contributed by atoms with Crippen LogP contribution in [0.5, 0.6) is 0 Å². The zero-order chi connectivity index (χ0) is 26.9. The van der Waals surface area contributed by atoms with E-state index in [-0.39, 0.29) is 29.4 Å². The second-order valence-electron chi connectivity index (χ2n) is 10.1. The number of carbonyl (C=O) groups excluding carboxylic acids is 1. The molecule has 4 rings (SSSR count). The fraction of sp³-hybridized carbons (Fsp3) is 0.429. The molecule has 2 aromatic rings. The van der Waals surface area contributed by atoms with Crippen LogP contribution in [0.1, 0.15) is 55.9 Å². The number of nitriles is 1. The van der Waals surface area contributed by atoms with Crippen molar-refractivity contribution in [2.45, 2.75) is 53.6 Å². The SMILES string of the molecule is CCCn1c(N2CC(C)CC(C)C2)c(/C=C2/SC(=S)N(Cc3ccc(F)cc3)C2=O)c(C)c(C#N)c1=O. The Bertz CT molecular complexity index is 1350. The van der Waals surface area contributed by atoms with Crippen molar-refractivity contribution in [3.63, 3.8) is 0 Å². The van der Waals surface area contributed by atoms with E-state index in [1.165, 1.54) is 28.8 Å². The molecule has 2 aliphatic rings. The molecular weight excluding hydrogens is 507 g/mol. The van der Waals surface area contributed by atoms with Gasteiger partial charge in [0.25, 0.3) is 11.5 Å². The second kappa shape index (κ2) is 11.2. The maximum absolute atomic E-state index is 13.5. The number of anilines is 1. The maximum atomic E-state index is 13.5. The third-order valence-corrected chi connectivity index (χ3v) is 8.24. The fourth-order valence-corrected chi connectivity index (χ4v) is 6.53. The maximum Gasteiger partial charge on any atom is 0.270 e. The summed E-state index contributed by atoms with van der Waals surface area (Å²) in [6.45, 7) is 10.5. The van der Waals surface area contributed by atoms with Gasteiger partial charge in [-0.15, -0.1) is 0 Å². The number of aromatic nitrogens is 1. The number of amides is 1. The quantitative estimate of drug-likeness (QED) is 0.359. The zero-order valence-corrected chi connectivity index (χ0v) is 23.2. The van der Waals surface area contributed by atoms with Crippen molar-refractivity contribution in [2.75, 3.05) is 18.0 Å². The first-order valence-electron chi connectivity index (χ1n) is 12.6. The number of thiocarbonyl (C=S) groups is 1. The van der Waals surface area contributed by atoms with E-state index in [1.807, 2.05) is 6.92 Å². The molecule has 6 nitrogen and oxygen atoms in total. The smallest absolute Gasteiger partial charge is 0.270 e. The molecule has 2 saturated heterocycles. The Kier molecular flexibility index (Phi) is 8.20. The molecule has 1 amide bonds. The molecule has 1 aromatic heterocycles. The molecule has 0 aliphatic carbocycles. The van der Waals surface area contributed by atoms with Crippen molar-refractivity contribution in [2.24, 2.45) is 11.8 Å². The van der Waals surface area contributed by atoms with Crippen LogP contribution in [-0.2, 0) is 17.9 Å². The van der Waals surface area contributed by atoms with Gasteiger partial charge in [-0.1, -0.05) is 56.9 Å². The standard InChI is InChI=1S/C28H31FN4O2S2/c1-5-10-32-25(31-14-17(2)11-18(3)15-31)22(19(4)23(13-30)26(32)34)12-24-27(35)33(28(36)37-24)16-20-6-8-21(29)9-7-20/h6-9,12,17-18H,5,10-11,14-16H2,1-4H3/b24-12+. The minimum Gasteiger partial charge on any atom is -0.357 e. The van der Waals surface area contributed by atoms with E-state index >= 15 is 0 Å². The van der Waals surface area contributed by atoms with E-state index in [0.29, 0.717) is 38.7 Å². The highest BCUT2D eigenvalue weighted by atomic mass is 32.2. The Morgan fingerprint density at radius 1 is 1.19 bits per heavy atom. The van der Waals surface area contributed by atoms with Gasteiger partial charge in [-0.05, 0) is 60.9 Å². The fourth-order valence-electron chi connectivity index (χ4n) is 5.29. The molecule has 0 spiro atoms. The van der Waals surface area contributed by atoms with E-state index in [1.54, 1.807) is 29.7 Å². The van der Waals surface area contributed by atoms with E-state index in [9.17, 15) is 19.2 Å². The lowest BCUT2D eigenvalue weighted by Gasteiger charge is -2.39. The van der Waals surface area contributed by atoms with Crippen molar-refractivity contribution in [3.05, 3.63) is 67.6 Å². The molecule has 2 fully saturated rings. The van der Waals surface area contributed by atoms with Crippen LogP contribution in [0.3, 0.4) is 0 Å². The van der Waals surface area contributed by atoms with E-state index < -0.39 is 0 Å². The summed E-state index contributed by atoms with van der Waals surface area (Å²) in [7, 11) is 0. The molecule has 194 valence electrons. The lowest BCUT2D eigenvalue weighted by molar-refractivity contribution is -0.122. The molecule has 0 N–H and O–H groups in total. The summed E-state index contributed by atoms with van der Waals surface area (Å²) in [5.41, 5.74) is 1.88. The summed E-state index contributed by atoms with van der Waals surface area (Å²) >= 11 is 6.74. The largest absolute Gasteiger partial charge is 0.357 e. The highest BCUT2D eigenvalue weighted by Gasteiger charge is 2.34.